The molecule has 1 unspecified atom stereocenters. The van der Waals surface area contributed by atoms with Crippen molar-refractivity contribution >= 4 is 23.9 Å². The van der Waals surface area contributed by atoms with Crippen LogP contribution in [0.25, 0.3) is 11.1 Å². The summed E-state index contributed by atoms with van der Waals surface area (Å²) in [5.74, 6) is -2.71. The van der Waals surface area contributed by atoms with Gasteiger partial charge in [-0.15, -0.1) is 5.10 Å². The molecular weight excluding hydrogens is 426 g/mol. The molecule has 0 saturated heterocycles. The van der Waals surface area contributed by atoms with Gasteiger partial charge in [0.25, 0.3) is 11.9 Å². The summed E-state index contributed by atoms with van der Waals surface area (Å²) in [6, 6.07) is 14.9. The number of aromatic amines is 1. The first-order valence-corrected chi connectivity index (χ1v) is 10.4. The lowest BCUT2D eigenvalue weighted by Gasteiger charge is -2.16. The molecule has 10 nitrogen and oxygen atoms in total. The van der Waals surface area contributed by atoms with Crippen molar-refractivity contribution in [2.75, 3.05) is 11.9 Å². The Labute approximate surface area is 189 Å². The van der Waals surface area contributed by atoms with Crippen molar-refractivity contribution in [1.29, 1.82) is 0 Å². The van der Waals surface area contributed by atoms with E-state index in [4.69, 9.17) is 4.74 Å². The predicted molar refractivity (Wildman–Crippen MR) is 119 cm³/mol. The van der Waals surface area contributed by atoms with Crippen molar-refractivity contribution in [3.63, 3.8) is 0 Å². The van der Waals surface area contributed by atoms with Crippen LogP contribution >= 0.6 is 0 Å². The number of carbonyl (C=O) groups excluding carboxylic acids is 2. The molecule has 0 spiro atoms. The van der Waals surface area contributed by atoms with Gasteiger partial charge in [0.15, 0.2) is 0 Å². The van der Waals surface area contributed by atoms with E-state index in [1.807, 2.05) is 48.5 Å². The highest BCUT2D eigenvalue weighted by Gasteiger charge is 2.29. The number of carboxylic acid groups (broad SMARTS) is 1. The van der Waals surface area contributed by atoms with E-state index >= 15 is 0 Å². The van der Waals surface area contributed by atoms with Crippen molar-refractivity contribution in [2.45, 2.75) is 25.8 Å². The summed E-state index contributed by atoms with van der Waals surface area (Å²) >= 11 is 0. The normalized spacial score (nSPS) is 13.2. The average Bonchev–Trinajstić information content (AvgIpc) is 3.38. The third-order valence-electron chi connectivity index (χ3n) is 5.48. The van der Waals surface area contributed by atoms with Crippen LogP contribution in [0.4, 0.5) is 10.7 Å². The number of hydrogen-bond acceptors (Lipinski definition) is 6. The number of H-pyrrole nitrogens is 1. The van der Waals surface area contributed by atoms with Gasteiger partial charge in [-0.3, -0.25) is 15.2 Å². The monoisotopic (exact) mass is 449 g/mol. The maximum atomic E-state index is 12.3. The molecule has 1 heterocycles. The molecule has 2 aromatic carbocycles. The minimum atomic E-state index is -1.16. The Morgan fingerprint density at radius 1 is 1.06 bits per heavy atom. The molecule has 2 amide bonds. The topological polar surface area (TPSA) is 146 Å². The summed E-state index contributed by atoms with van der Waals surface area (Å²) < 4.78 is 5.42. The molecule has 0 radical (unpaired) electrons. The fraction of sp³-hybridized carbons (Fsp3) is 0.261. The van der Waals surface area contributed by atoms with Crippen LogP contribution in [0.15, 0.2) is 48.5 Å². The Kier molecular flexibility index (Phi) is 6.07. The van der Waals surface area contributed by atoms with Gasteiger partial charge in [0.2, 0.25) is 5.82 Å². The molecule has 1 aliphatic rings. The second-order valence-corrected chi connectivity index (χ2v) is 7.99. The number of nitrogens with zero attached hydrogens (tertiary/aromatic N) is 2. The Morgan fingerprint density at radius 2 is 1.67 bits per heavy atom. The fourth-order valence-corrected chi connectivity index (χ4v) is 3.87. The molecule has 170 valence electrons. The molecule has 3 aromatic rings. The number of amides is 2. The van der Waals surface area contributed by atoms with Crippen LogP contribution in [0, 0.1) is 5.92 Å². The lowest BCUT2D eigenvalue weighted by molar-refractivity contribution is -0.140. The van der Waals surface area contributed by atoms with Crippen LogP contribution in [0.5, 0.6) is 0 Å². The first-order valence-electron chi connectivity index (χ1n) is 10.4. The van der Waals surface area contributed by atoms with Crippen LogP contribution in [0.2, 0.25) is 0 Å². The highest BCUT2D eigenvalue weighted by atomic mass is 16.5. The summed E-state index contributed by atoms with van der Waals surface area (Å²) in [4.78, 5) is 39.7. The smallest absolute Gasteiger partial charge is 0.414 e. The van der Waals surface area contributed by atoms with Crippen molar-refractivity contribution < 1.29 is 24.2 Å². The number of carbonyl (C=O) groups is 3. The van der Waals surface area contributed by atoms with Crippen LogP contribution in [0.1, 0.15) is 41.5 Å². The number of fused-ring (bicyclic) bond motifs is 3. The van der Waals surface area contributed by atoms with Crippen molar-refractivity contribution in [2.24, 2.45) is 5.92 Å². The number of nitrogens with one attached hydrogen (secondary N) is 3. The van der Waals surface area contributed by atoms with E-state index in [-0.39, 0.29) is 30.2 Å². The number of aliphatic carboxylic acids is 1. The lowest BCUT2D eigenvalue weighted by atomic mass is 9.98. The van der Waals surface area contributed by atoms with Gasteiger partial charge in [0, 0.05) is 5.92 Å². The van der Waals surface area contributed by atoms with Crippen molar-refractivity contribution in [3.8, 4) is 11.1 Å². The number of carboxylic acids is 1. The number of benzene rings is 2. The number of ether oxygens (including phenoxy) is 1. The largest absolute Gasteiger partial charge is 0.480 e. The molecule has 10 heteroatoms. The van der Waals surface area contributed by atoms with Gasteiger partial charge in [0.1, 0.15) is 12.6 Å². The third-order valence-corrected chi connectivity index (χ3v) is 5.48. The predicted octanol–water partition coefficient (Wildman–Crippen LogP) is 3.00. The molecule has 4 rings (SSSR count). The molecule has 0 saturated carbocycles. The summed E-state index contributed by atoms with van der Waals surface area (Å²) in [6.07, 6.45) is -0.770. The first-order chi connectivity index (χ1) is 15.8. The SMILES string of the molecule is CC(C)C(NC(=O)c1nc(NC(=O)OCC2c3ccccc3-c3ccccc32)n[nH]1)C(=O)O. The van der Waals surface area contributed by atoms with Gasteiger partial charge in [0.05, 0.1) is 0 Å². The van der Waals surface area contributed by atoms with Crippen molar-refractivity contribution in [1.82, 2.24) is 20.5 Å². The van der Waals surface area contributed by atoms with Crippen molar-refractivity contribution in [3.05, 3.63) is 65.5 Å². The maximum absolute atomic E-state index is 12.3. The number of aromatic nitrogens is 3. The summed E-state index contributed by atoms with van der Waals surface area (Å²) in [6.45, 7) is 3.46. The molecule has 1 atom stereocenters. The first kappa shape index (κ1) is 22.0. The summed E-state index contributed by atoms with van der Waals surface area (Å²) in [7, 11) is 0. The number of anilines is 1. The van der Waals surface area contributed by atoms with Gasteiger partial charge >= 0.3 is 12.1 Å². The zero-order valence-corrected chi connectivity index (χ0v) is 18.0. The van der Waals surface area contributed by atoms with Crippen LogP contribution in [0.3, 0.4) is 0 Å². The van der Waals surface area contributed by atoms with E-state index < -0.39 is 24.0 Å². The third kappa shape index (κ3) is 4.54. The standard InChI is InChI=1S/C23H23N5O5/c1-12(2)18(21(30)31)24-20(29)19-25-22(28-27-19)26-23(32)33-11-17-15-9-5-3-7-13(15)14-8-4-6-10-16(14)17/h3-10,12,17-18H,11H2,1-2H3,(H,24,29)(H,30,31)(H2,25,26,27,28,32). The molecule has 0 fully saturated rings. The summed E-state index contributed by atoms with van der Waals surface area (Å²) in [5, 5.41) is 20.1. The zero-order valence-electron chi connectivity index (χ0n) is 18.0. The lowest BCUT2D eigenvalue weighted by Crippen LogP contribution is -2.44. The Morgan fingerprint density at radius 3 is 2.24 bits per heavy atom. The summed E-state index contributed by atoms with van der Waals surface area (Å²) in [5.41, 5.74) is 4.41. The minimum absolute atomic E-state index is 0.0967. The highest BCUT2D eigenvalue weighted by molar-refractivity contribution is 5.94. The fourth-order valence-electron chi connectivity index (χ4n) is 3.87. The maximum Gasteiger partial charge on any atom is 0.414 e. The van der Waals surface area contributed by atoms with Crippen LogP contribution < -0.4 is 10.6 Å². The quantitative estimate of drug-likeness (QED) is 0.434. The molecule has 1 aromatic heterocycles. The minimum Gasteiger partial charge on any atom is -0.480 e. The Bertz CT molecular complexity index is 1160. The average molecular weight is 449 g/mol. The van der Waals surface area contributed by atoms with E-state index in [2.05, 4.69) is 25.8 Å². The Hall–Kier alpha value is -4.21. The molecule has 4 N–H and O–H groups in total. The van der Waals surface area contributed by atoms with Gasteiger partial charge in [-0.2, -0.15) is 4.98 Å². The van der Waals surface area contributed by atoms with Crippen LogP contribution in [-0.2, 0) is 9.53 Å². The second kappa shape index (κ2) is 9.11. The molecule has 0 aliphatic heterocycles. The van der Waals surface area contributed by atoms with E-state index in [1.54, 1.807) is 13.8 Å². The number of rotatable bonds is 7. The van der Waals surface area contributed by atoms with E-state index in [9.17, 15) is 19.5 Å². The highest BCUT2D eigenvalue weighted by Crippen LogP contribution is 2.44. The van der Waals surface area contributed by atoms with E-state index in [0.717, 1.165) is 22.3 Å². The molecule has 0 bridgehead atoms. The van der Waals surface area contributed by atoms with Crippen LogP contribution in [-0.4, -0.2) is 50.9 Å². The number of hydrogen-bond donors (Lipinski definition) is 4. The molecule has 1 aliphatic carbocycles. The van der Waals surface area contributed by atoms with E-state index in [0.29, 0.717) is 0 Å². The Balaban J connectivity index is 1.37. The van der Waals surface area contributed by atoms with Gasteiger partial charge in [-0.25, -0.2) is 9.59 Å². The van der Waals surface area contributed by atoms with Gasteiger partial charge < -0.3 is 15.2 Å². The van der Waals surface area contributed by atoms with Gasteiger partial charge in [-0.05, 0) is 28.2 Å². The molecular formula is C23H23N5O5. The zero-order chi connectivity index (χ0) is 23.5. The molecule has 33 heavy (non-hydrogen) atoms. The second-order valence-electron chi connectivity index (χ2n) is 7.99. The van der Waals surface area contributed by atoms with E-state index in [1.165, 1.54) is 0 Å². The van der Waals surface area contributed by atoms with Gasteiger partial charge in [-0.1, -0.05) is 62.4 Å².